The van der Waals surface area contributed by atoms with E-state index in [2.05, 4.69) is 26.2 Å². The predicted molar refractivity (Wildman–Crippen MR) is 83.7 cm³/mol. The first-order valence-corrected chi connectivity index (χ1v) is 7.19. The van der Waals surface area contributed by atoms with Gasteiger partial charge >= 0.3 is 0 Å². The van der Waals surface area contributed by atoms with Gasteiger partial charge in [-0.1, -0.05) is 15.9 Å². The zero-order valence-corrected chi connectivity index (χ0v) is 12.4. The summed E-state index contributed by atoms with van der Waals surface area (Å²) in [4.78, 5) is 15.1. The maximum absolute atomic E-state index is 12.0. The molecular formula is C15H14BrN3O. The summed E-state index contributed by atoms with van der Waals surface area (Å²) >= 11 is 3.44. The largest absolute Gasteiger partial charge is 0.359 e. The maximum Gasteiger partial charge on any atom is 0.226 e. The predicted octanol–water partition coefficient (Wildman–Crippen LogP) is 3.76. The van der Waals surface area contributed by atoms with Gasteiger partial charge in [0, 0.05) is 46.9 Å². The van der Waals surface area contributed by atoms with Crippen molar-refractivity contribution in [3.8, 4) is 0 Å². The van der Waals surface area contributed by atoms with Crippen molar-refractivity contribution >= 4 is 38.4 Å². The fraction of sp³-hybridized carbons (Fsp3) is 0.133. The van der Waals surface area contributed by atoms with Gasteiger partial charge in [-0.15, -0.1) is 0 Å². The number of carbonyl (C=O) groups is 1. The zero-order chi connectivity index (χ0) is 13.9. The molecule has 0 radical (unpaired) electrons. The molecule has 0 bridgehead atoms. The molecule has 0 aliphatic heterocycles. The second-order valence-corrected chi connectivity index (χ2v) is 5.53. The van der Waals surface area contributed by atoms with Crippen LogP contribution in [0, 0.1) is 0 Å². The lowest BCUT2D eigenvalue weighted by molar-refractivity contribution is -0.116. The summed E-state index contributed by atoms with van der Waals surface area (Å²) in [5.74, 6) is 0.0135. The van der Waals surface area contributed by atoms with Crippen molar-refractivity contribution in [2.45, 2.75) is 13.0 Å². The molecule has 2 heterocycles. The van der Waals surface area contributed by atoms with Crippen LogP contribution in [0.1, 0.15) is 6.42 Å². The Morgan fingerprint density at radius 1 is 1.30 bits per heavy atom. The average Bonchev–Trinajstić information content (AvgIpc) is 3.07. The highest BCUT2D eigenvalue weighted by Crippen LogP contribution is 2.26. The second kappa shape index (κ2) is 5.54. The van der Waals surface area contributed by atoms with Gasteiger partial charge in [-0.05, 0) is 30.3 Å². The number of aromatic amines is 1. The number of anilines is 1. The van der Waals surface area contributed by atoms with E-state index < -0.39 is 0 Å². The third-order valence-electron chi connectivity index (χ3n) is 3.18. The number of rotatable bonds is 4. The molecule has 0 unspecified atom stereocenters. The van der Waals surface area contributed by atoms with Crippen LogP contribution in [0.3, 0.4) is 0 Å². The normalized spacial score (nSPS) is 10.8. The summed E-state index contributed by atoms with van der Waals surface area (Å²) in [7, 11) is 0. The van der Waals surface area contributed by atoms with Gasteiger partial charge < -0.3 is 14.9 Å². The third-order valence-corrected chi connectivity index (χ3v) is 3.67. The Hall–Kier alpha value is -2.01. The molecule has 3 aromatic rings. The molecule has 1 amide bonds. The highest BCUT2D eigenvalue weighted by molar-refractivity contribution is 9.10. The molecule has 1 aromatic carbocycles. The Morgan fingerprint density at radius 3 is 2.90 bits per heavy atom. The first kappa shape index (κ1) is 13.0. The standard InChI is InChI=1S/C15H14BrN3O/c16-11-3-4-13-12(9-11)14(10-17-13)18-15(20)5-8-19-6-1-2-7-19/h1-4,6-7,9-10,17H,5,8H2,(H,18,20). The van der Waals surface area contributed by atoms with Crippen molar-refractivity contribution in [1.82, 2.24) is 9.55 Å². The number of benzene rings is 1. The van der Waals surface area contributed by atoms with Crippen LogP contribution < -0.4 is 5.32 Å². The van der Waals surface area contributed by atoms with E-state index in [4.69, 9.17) is 0 Å². The van der Waals surface area contributed by atoms with Gasteiger partial charge in [0.15, 0.2) is 0 Å². The van der Waals surface area contributed by atoms with Crippen molar-refractivity contribution in [2.24, 2.45) is 0 Å². The minimum Gasteiger partial charge on any atom is -0.359 e. The number of aryl methyl sites for hydroxylation is 1. The molecule has 3 rings (SSSR count). The summed E-state index contributed by atoms with van der Waals surface area (Å²) in [6, 6.07) is 9.85. The number of amides is 1. The van der Waals surface area contributed by atoms with Crippen molar-refractivity contribution < 1.29 is 4.79 Å². The molecule has 20 heavy (non-hydrogen) atoms. The first-order valence-electron chi connectivity index (χ1n) is 6.39. The molecule has 0 saturated heterocycles. The summed E-state index contributed by atoms with van der Waals surface area (Å²) in [6.07, 6.45) is 6.19. The summed E-state index contributed by atoms with van der Waals surface area (Å²) < 4.78 is 2.98. The van der Waals surface area contributed by atoms with Crippen LogP contribution in [0.15, 0.2) is 53.4 Å². The Balaban J connectivity index is 1.69. The van der Waals surface area contributed by atoms with E-state index >= 15 is 0 Å². The molecule has 0 spiro atoms. The zero-order valence-electron chi connectivity index (χ0n) is 10.8. The Bertz CT molecular complexity index is 731. The van der Waals surface area contributed by atoms with Crippen molar-refractivity contribution in [1.29, 1.82) is 0 Å². The second-order valence-electron chi connectivity index (χ2n) is 4.61. The van der Waals surface area contributed by atoms with Gasteiger partial charge in [-0.25, -0.2) is 0 Å². The monoisotopic (exact) mass is 331 g/mol. The van der Waals surface area contributed by atoms with Gasteiger partial charge in [0.05, 0.1) is 5.69 Å². The third kappa shape index (κ3) is 2.77. The van der Waals surface area contributed by atoms with Gasteiger partial charge in [0.2, 0.25) is 5.91 Å². The van der Waals surface area contributed by atoms with Crippen LogP contribution in [0.2, 0.25) is 0 Å². The number of halogens is 1. The molecule has 0 atom stereocenters. The van der Waals surface area contributed by atoms with Crippen LogP contribution in [-0.4, -0.2) is 15.5 Å². The molecule has 2 aromatic heterocycles. The van der Waals surface area contributed by atoms with Crippen LogP contribution in [0.4, 0.5) is 5.69 Å². The number of H-pyrrole nitrogens is 1. The molecule has 2 N–H and O–H groups in total. The van der Waals surface area contributed by atoms with Crippen LogP contribution >= 0.6 is 15.9 Å². The Labute approximate surface area is 124 Å². The fourth-order valence-corrected chi connectivity index (χ4v) is 2.52. The Kier molecular flexibility index (Phi) is 3.60. The van der Waals surface area contributed by atoms with Gasteiger partial charge in [-0.2, -0.15) is 0 Å². The quantitative estimate of drug-likeness (QED) is 0.751. The Morgan fingerprint density at radius 2 is 2.10 bits per heavy atom. The molecule has 0 aliphatic carbocycles. The van der Waals surface area contributed by atoms with E-state index in [1.165, 1.54) is 0 Å². The molecule has 102 valence electrons. The van der Waals surface area contributed by atoms with Gasteiger partial charge in [0.1, 0.15) is 0 Å². The molecular weight excluding hydrogens is 318 g/mol. The average molecular weight is 332 g/mol. The maximum atomic E-state index is 12.0. The van der Waals surface area contributed by atoms with Crippen LogP contribution in [0.5, 0.6) is 0 Å². The van der Waals surface area contributed by atoms with E-state index in [0.717, 1.165) is 21.1 Å². The number of fused-ring (bicyclic) bond motifs is 1. The summed E-state index contributed by atoms with van der Waals surface area (Å²) in [6.45, 7) is 0.685. The topological polar surface area (TPSA) is 49.8 Å². The summed E-state index contributed by atoms with van der Waals surface area (Å²) in [5.41, 5.74) is 1.83. The smallest absolute Gasteiger partial charge is 0.226 e. The summed E-state index contributed by atoms with van der Waals surface area (Å²) in [5, 5.41) is 3.96. The molecule has 0 saturated carbocycles. The van der Waals surface area contributed by atoms with Crippen molar-refractivity contribution in [3.63, 3.8) is 0 Å². The van der Waals surface area contributed by atoms with E-state index in [-0.39, 0.29) is 5.91 Å². The minimum atomic E-state index is 0.0135. The number of hydrogen-bond donors (Lipinski definition) is 2. The fourth-order valence-electron chi connectivity index (χ4n) is 2.16. The lowest BCUT2D eigenvalue weighted by Crippen LogP contribution is -2.13. The number of aromatic nitrogens is 2. The first-order chi connectivity index (χ1) is 9.72. The molecule has 0 fully saturated rings. The number of nitrogens with one attached hydrogen (secondary N) is 2. The van der Waals surface area contributed by atoms with Crippen molar-refractivity contribution in [2.75, 3.05) is 5.32 Å². The molecule has 5 heteroatoms. The lowest BCUT2D eigenvalue weighted by atomic mass is 10.2. The van der Waals surface area contributed by atoms with E-state index in [1.54, 1.807) is 0 Å². The highest BCUT2D eigenvalue weighted by atomic mass is 79.9. The van der Waals surface area contributed by atoms with Gasteiger partial charge in [-0.3, -0.25) is 4.79 Å². The number of nitrogens with zero attached hydrogens (tertiary/aromatic N) is 1. The van der Waals surface area contributed by atoms with Gasteiger partial charge in [0.25, 0.3) is 0 Å². The van der Waals surface area contributed by atoms with E-state index in [0.29, 0.717) is 13.0 Å². The van der Waals surface area contributed by atoms with E-state index in [1.807, 2.05) is 53.5 Å². The molecule has 0 aliphatic rings. The van der Waals surface area contributed by atoms with Crippen LogP contribution in [0.25, 0.3) is 10.9 Å². The van der Waals surface area contributed by atoms with Crippen molar-refractivity contribution in [3.05, 3.63) is 53.4 Å². The molecule has 4 nitrogen and oxygen atoms in total. The highest BCUT2D eigenvalue weighted by Gasteiger charge is 2.08. The lowest BCUT2D eigenvalue weighted by Gasteiger charge is -2.05. The number of hydrogen-bond acceptors (Lipinski definition) is 1. The van der Waals surface area contributed by atoms with E-state index in [9.17, 15) is 4.79 Å². The number of carbonyl (C=O) groups excluding carboxylic acids is 1. The minimum absolute atomic E-state index is 0.0135. The van der Waals surface area contributed by atoms with Crippen LogP contribution in [-0.2, 0) is 11.3 Å². The SMILES string of the molecule is O=C(CCn1cccc1)Nc1c[nH]c2ccc(Br)cc12.